The lowest BCUT2D eigenvalue weighted by molar-refractivity contribution is 0.0953. The Morgan fingerprint density at radius 1 is 1.03 bits per heavy atom. The van der Waals surface area contributed by atoms with Gasteiger partial charge >= 0.3 is 0 Å². The number of hydrogen-bond acceptors (Lipinski definition) is 5. The maximum absolute atomic E-state index is 13.5. The van der Waals surface area contributed by atoms with Crippen LogP contribution < -0.4 is 16.4 Å². The van der Waals surface area contributed by atoms with Gasteiger partial charge in [-0.15, -0.1) is 0 Å². The minimum atomic E-state index is -0.282. The van der Waals surface area contributed by atoms with Gasteiger partial charge in [-0.05, 0) is 61.7 Å². The average Bonchev–Trinajstić information content (AvgIpc) is 2.83. The Morgan fingerprint density at radius 3 is 2.67 bits per heavy atom. The first-order valence-corrected chi connectivity index (χ1v) is 11.1. The molecule has 0 fully saturated rings. The van der Waals surface area contributed by atoms with Gasteiger partial charge in [-0.1, -0.05) is 36.8 Å². The summed E-state index contributed by atoms with van der Waals surface area (Å²) in [4.78, 5) is 17.5. The van der Waals surface area contributed by atoms with Crippen molar-refractivity contribution in [2.75, 3.05) is 25.0 Å². The molecular weight excluding hydrogens is 417 g/mol. The molecule has 0 bridgehead atoms. The number of nitrogens with zero attached hydrogens (tertiary/aromatic N) is 2. The van der Waals surface area contributed by atoms with E-state index >= 15 is 0 Å². The van der Waals surface area contributed by atoms with Gasteiger partial charge in [0.1, 0.15) is 11.6 Å². The summed E-state index contributed by atoms with van der Waals surface area (Å²) in [6, 6.07) is 19.3. The first-order chi connectivity index (χ1) is 16.1. The van der Waals surface area contributed by atoms with Crippen molar-refractivity contribution < 1.29 is 9.18 Å². The van der Waals surface area contributed by atoms with E-state index in [2.05, 4.69) is 21.7 Å². The second-order valence-electron chi connectivity index (χ2n) is 7.66. The topological polar surface area (TPSA) is 104 Å². The highest BCUT2D eigenvalue weighted by Crippen LogP contribution is 2.25. The zero-order chi connectivity index (χ0) is 23.5. The fraction of sp³-hybridized carbons (Fsp3) is 0.269. The largest absolute Gasteiger partial charge is 0.369 e. The number of hydrogen-bond donors (Lipinski definition) is 3. The molecule has 1 heterocycles. The molecule has 0 unspecified atom stereocenters. The first-order valence-electron chi connectivity index (χ1n) is 11.1. The number of nitrogens with one attached hydrogen (secondary N) is 2. The van der Waals surface area contributed by atoms with Gasteiger partial charge in [0.15, 0.2) is 0 Å². The molecular formula is C26H28FN5O. The van der Waals surface area contributed by atoms with Crippen molar-refractivity contribution in [2.45, 2.75) is 25.7 Å². The van der Waals surface area contributed by atoms with Crippen molar-refractivity contribution in [2.24, 2.45) is 5.73 Å². The second-order valence-corrected chi connectivity index (χ2v) is 7.66. The van der Waals surface area contributed by atoms with E-state index in [4.69, 9.17) is 5.73 Å². The molecule has 170 valence electrons. The van der Waals surface area contributed by atoms with E-state index in [1.54, 1.807) is 30.3 Å². The zero-order valence-corrected chi connectivity index (χ0v) is 18.5. The van der Waals surface area contributed by atoms with Crippen molar-refractivity contribution >= 4 is 11.7 Å². The van der Waals surface area contributed by atoms with Gasteiger partial charge in [0.05, 0.1) is 22.9 Å². The molecule has 2 aromatic carbocycles. The third-order valence-electron chi connectivity index (χ3n) is 5.22. The van der Waals surface area contributed by atoms with Crippen LogP contribution >= 0.6 is 0 Å². The Labute approximate surface area is 193 Å². The molecule has 0 aliphatic carbocycles. The molecule has 0 saturated heterocycles. The summed E-state index contributed by atoms with van der Waals surface area (Å²) < 4.78 is 13.5. The Kier molecular flexibility index (Phi) is 8.92. The zero-order valence-electron chi connectivity index (χ0n) is 18.5. The molecule has 33 heavy (non-hydrogen) atoms. The minimum absolute atomic E-state index is 0.219. The Hall–Kier alpha value is -3.76. The molecule has 3 aromatic rings. The number of rotatable bonds is 11. The smallest absolute Gasteiger partial charge is 0.255 e. The fourth-order valence-electron chi connectivity index (χ4n) is 3.49. The number of amides is 1. The molecule has 0 spiro atoms. The molecule has 0 radical (unpaired) electrons. The molecule has 3 rings (SSSR count). The van der Waals surface area contributed by atoms with Crippen LogP contribution in [0.1, 0.15) is 40.7 Å². The standard InChI is InChI=1S/C26H28FN5O/c27-21-9-6-7-19(17-21)13-16-30-25-23(26(33)31-15-5-1-4-14-28)11-12-24(32-25)22-10-3-2-8-20(22)18-29/h2-3,6-12,17H,1,4-5,13-16,28H2,(H,30,32)(H,31,33). The predicted molar refractivity (Wildman–Crippen MR) is 128 cm³/mol. The summed E-state index contributed by atoms with van der Waals surface area (Å²) in [5.74, 6) is -0.0739. The van der Waals surface area contributed by atoms with E-state index in [-0.39, 0.29) is 11.7 Å². The number of carbonyl (C=O) groups is 1. The lowest BCUT2D eigenvalue weighted by Gasteiger charge is -2.14. The molecule has 1 aromatic heterocycles. The SMILES string of the molecule is N#Cc1ccccc1-c1ccc(C(=O)NCCCCCN)c(NCCc2cccc(F)c2)n1. The lowest BCUT2D eigenvalue weighted by Crippen LogP contribution is -2.26. The molecule has 4 N–H and O–H groups in total. The number of pyridine rings is 1. The van der Waals surface area contributed by atoms with Crippen LogP contribution in [-0.4, -0.2) is 30.5 Å². The van der Waals surface area contributed by atoms with Crippen LogP contribution in [0.2, 0.25) is 0 Å². The quantitative estimate of drug-likeness (QED) is 0.382. The Bertz CT molecular complexity index is 1130. The molecule has 6 nitrogen and oxygen atoms in total. The molecule has 0 aliphatic rings. The van der Waals surface area contributed by atoms with Crippen LogP contribution in [0.25, 0.3) is 11.3 Å². The number of nitriles is 1. The van der Waals surface area contributed by atoms with E-state index in [0.29, 0.717) is 54.3 Å². The predicted octanol–water partition coefficient (Wildman–Crippen LogP) is 4.27. The van der Waals surface area contributed by atoms with E-state index in [9.17, 15) is 14.4 Å². The van der Waals surface area contributed by atoms with Gasteiger partial charge in [-0.3, -0.25) is 4.79 Å². The van der Waals surface area contributed by atoms with E-state index < -0.39 is 0 Å². The van der Waals surface area contributed by atoms with Crippen molar-refractivity contribution in [1.82, 2.24) is 10.3 Å². The van der Waals surface area contributed by atoms with Crippen LogP contribution in [0, 0.1) is 17.1 Å². The van der Waals surface area contributed by atoms with Gasteiger partial charge in [0, 0.05) is 18.7 Å². The number of unbranched alkanes of at least 4 members (excludes halogenated alkanes) is 2. The number of nitrogens with two attached hydrogens (primary N) is 1. The summed E-state index contributed by atoms with van der Waals surface area (Å²) in [6.07, 6.45) is 3.31. The highest BCUT2D eigenvalue weighted by atomic mass is 19.1. The van der Waals surface area contributed by atoms with Gasteiger partial charge < -0.3 is 16.4 Å². The lowest BCUT2D eigenvalue weighted by atomic mass is 10.0. The Balaban J connectivity index is 1.80. The number of anilines is 1. The van der Waals surface area contributed by atoms with Crippen molar-refractivity contribution in [1.29, 1.82) is 5.26 Å². The van der Waals surface area contributed by atoms with Crippen LogP contribution in [0.4, 0.5) is 10.2 Å². The highest BCUT2D eigenvalue weighted by molar-refractivity contribution is 5.99. The number of halogens is 1. The van der Waals surface area contributed by atoms with Crippen molar-refractivity contribution in [3.05, 3.63) is 83.2 Å². The molecule has 0 atom stereocenters. The maximum atomic E-state index is 13.5. The minimum Gasteiger partial charge on any atom is -0.369 e. The van der Waals surface area contributed by atoms with Gasteiger partial charge in [-0.25, -0.2) is 9.37 Å². The molecule has 7 heteroatoms. The number of aromatic nitrogens is 1. The summed E-state index contributed by atoms with van der Waals surface area (Å²) >= 11 is 0. The van der Waals surface area contributed by atoms with E-state index in [1.807, 2.05) is 18.2 Å². The summed E-state index contributed by atoms with van der Waals surface area (Å²) in [5.41, 5.74) is 8.59. The fourth-order valence-corrected chi connectivity index (χ4v) is 3.49. The van der Waals surface area contributed by atoms with Crippen molar-refractivity contribution in [3.8, 4) is 17.3 Å². The molecule has 0 saturated carbocycles. The maximum Gasteiger partial charge on any atom is 0.255 e. The van der Waals surface area contributed by atoms with Crippen LogP contribution in [0.15, 0.2) is 60.7 Å². The Morgan fingerprint density at radius 2 is 1.88 bits per heavy atom. The summed E-state index contributed by atoms with van der Waals surface area (Å²) in [5, 5.41) is 15.6. The third-order valence-corrected chi connectivity index (χ3v) is 5.22. The monoisotopic (exact) mass is 445 g/mol. The summed E-state index contributed by atoms with van der Waals surface area (Å²) in [6.45, 7) is 1.67. The van der Waals surface area contributed by atoms with Gasteiger partial charge in [0.2, 0.25) is 0 Å². The normalized spacial score (nSPS) is 10.5. The summed E-state index contributed by atoms with van der Waals surface area (Å²) in [7, 11) is 0. The van der Waals surface area contributed by atoms with Crippen molar-refractivity contribution in [3.63, 3.8) is 0 Å². The number of carbonyl (C=O) groups excluding carboxylic acids is 1. The van der Waals surface area contributed by atoms with E-state index in [1.165, 1.54) is 12.1 Å². The highest BCUT2D eigenvalue weighted by Gasteiger charge is 2.15. The van der Waals surface area contributed by atoms with Crippen LogP contribution in [0.5, 0.6) is 0 Å². The van der Waals surface area contributed by atoms with Gasteiger partial charge in [-0.2, -0.15) is 5.26 Å². The first kappa shape index (κ1) is 23.9. The molecule has 1 amide bonds. The third kappa shape index (κ3) is 6.86. The second kappa shape index (κ2) is 12.3. The average molecular weight is 446 g/mol. The van der Waals surface area contributed by atoms with Crippen LogP contribution in [-0.2, 0) is 6.42 Å². The number of benzene rings is 2. The van der Waals surface area contributed by atoms with E-state index in [0.717, 1.165) is 24.8 Å². The molecule has 0 aliphatic heterocycles. The van der Waals surface area contributed by atoms with Crippen LogP contribution in [0.3, 0.4) is 0 Å². The van der Waals surface area contributed by atoms with Gasteiger partial charge in [0.25, 0.3) is 5.91 Å².